The van der Waals surface area contributed by atoms with Gasteiger partial charge in [-0.15, -0.1) is 0 Å². The molecule has 0 aliphatic carbocycles. The van der Waals surface area contributed by atoms with E-state index in [1.54, 1.807) is 0 Å². The van der Waals surface area contributed by atoms with E-state index < -0.39 is 11.7 Å². The summed E-state index contributed by atoms with van der Waals surface area (Å²) in [5.41, 5.74) is -0.741. The molecule has 5 nitrogen and oxygen atoms in total. The largest absolute Gasteiger partial charge is 0.492 e. The summed E-state index contributed by atoms with van der Waals surface area (Å²) in [6, 6.07) is 4.39. The van der Waals surface area contributed by atoms with Crippen LogP contribution in [0.4, 0.5) is 13.2 Å². The molecule has 0 spiro atoms. The monoisotopic (exact) mass is 386 g/mol. The second-order valence-corrected chi connectivity index (χ2v) is 7.19. The summed E-state index contributed by atoms with van der Waals surface area (Å²) < 4.78 is 42.8. The van der Waals surface area contributed by atoms with Crippen LogP contribution in [0, 0.1) is 11.8 Å². The number of ether oxygens (including phenoxy) is 1. The van der Waals surface area contributed by atoms with Crippen molar-refractivity contribution in [3.63, 3.8) is 0 Å². The van der Waals surface area contributed by atoms with Gasteiger partial charge in [-0.05, 0) is 43.0 Å². The summed E-state index contributed by atoms with van der Waals surface area (Å²) in [6.07, 6.45) is -2.78. The van der Waals surface area contributed by atoms with Crippen molar-refractivity contribution in [1.82, 2.24) is 10.6 Å². The maximum absolute atomic E-state index is 12.5. The lowest BCUT2D eigenvalue weighted by Crippen LogP contribution is -2.47. The second kappa shape index (κ2) is 9.10. The number of amides is 2. The maximum atomic E-state index is 12.5. The molecule has 0 unspecified atom stereocenters. The molecular weight excluding hydrogens is 361 g/mol. The Morgan fingerprint density at radius 1 is 1.30 bits per heavy atom. The van der Waals surface area contributed by atoms with Gasteiger partial charge in [0.05, 0.1) is 12.1 Å². The molecule has 1 aliphatic rings. The van der Waals surface area contributed by atoms with E-state index in [4.69, 9.17) is 4.74 Å². The van der Waals surface area contributed by atoms with Gasteiger partial charge in [0.2, 0.25) is 11.8 Å². The first-order chi connectivity index (χ1) is 12.6. The summed E-state index contributed by atoms with van der Waals surface area (Å²) >= 11 is 0. The van der Waals surface area contributed by atoms with Gasteiger partial charge in [-0.25, -0.2) is 0 Å². The zero-order chi connectivity index (χ0) is 20.0. The van der Waals surface area contributed by atoms with Crippen molar-refractivity contribution in [3.8, 4) is 5.75 Å². The number of carbonyl (C=O) groups excluding carboxylic acids is 2. The first-order valence-corrected chi connectivity index (χ1v) is 9.02. The van der Waals surface area contributed by atoms with Gasteiger partial charge in [0.25, 0.3) is 0 Å². The zero-order valence-corrected chi connectivity index (χ0v) is 15.4. The van der Waals surface area contributed by atoms with Crippen molar-refractivity contribution in [2.24, 2.45) is 11.8 Å². The van der Waals surface area contributed by atoms with Gasteiger partial charge in [0, 0.05) is 18.4 Å². The van der Waals surface area contributed by atoms with E-state index in [1.165, 1.54) is 12.1 Å². The summed E-state index contributed by atoms with van der Waals surface area (Å²) in [7, 11) is 0. The molecular formula is C19H25F3N2O3. The van der Waals surface area contributed by atoms with Crippen LogP contribution in [0.1, 0.15) is 38.7 Å². The van der Waals surface area contributed by atoms with Crippen LogP contribution in [0.2, 0.25) is 0 Å². The van der Waals surface area contributed by atoms with E-state index >= 15 is 0 Å². The number of alkyl halides is 3. The molecule has 2 N–H and O–H groups in total. The predicted molar refractivity (Wildman–Crippen MR) is 94.1 cm³/mol. The third-order valence-electron chi connectivity index (χ3n) is 4.34. The fourth-order valence-electron chi connectivity index (χ4n) is 3.15. The molecule has 2 amide bonds. The highest BCUT2D eigenvalue weighted by molar-refractivity contribution is 5.87. The van der Waals surface area contributed by atoms with Crippen molar-refractivity contribution >= 4 is 11.8 Å². The molecule has 1 aliphatic heterocycles. The van der Waals surface area contributed by atoms with E-state index in [1.807, 2.05) is 0 Å². The third kappa shape index (κ3) is 6.77. The first kappa shape index (κ1) is 21.1. The number of hydrogen-bond donors (Lipinski definition) is 2. The quantitative estimate of drug-likeness (QED) is 0.708. The summed E-state index contributed by atoms with van der Waals surface area (Å²) in [6.45, 7) is 4.47. The van der Waals surface area contributed by atoms with Crippen molar-refractivity contribution in [2.45, 2.75) is 45.3 Å². The van der Waals surface area contributed by atoms with Crippen molar-refractivity contribution in [2.75, 3.05) is 13.2 Å². The van der Waals surface area contributed by atoms with Gasteiger partial charge in [0.15, 0.2) is 0 Å². The van der Waals surface area contributed by atoms with Gasteiger partial charge in [-0.2, -0.15) is 13.2 Å². The lowest BCUT2D eigenvalue weighted by molar-refractivity contribution is -0.137. The topological polar surface area (TPSA) is 67.4 Å². The van der Waals surface area contributed by atoms with E-state index in [0.29, 0.717) is 18.1 Å². The number of carbonyl (C=O) groups is 2. The molecule has 1 saturated heterocycles. The fourth-order valence-corrected chi connectivity index (χ4v) is 3.15. The SMILES string of the molecule is CC(C)C[C@@H]1C[C@@H](C(=O)NCCOc2ccc(C(F)(F)F)cc2)CC(=O)N1. The van der Waals surface area contributed by atoms with Gasteiger partial charge < -0.3 is 15.4 Å². The summed E-state index contributed by atoms with van der Waals surface area (Å²) in [4.78, 5) is 24.1. The number of hydrogen-bond acceptors (Lipinski definition) is 3. The number of rotatable bonds is 7. The second-order valence-electron chi connectivity index (χ2n) is 7.19. The Morgan fingerprint density at radius 2 is 1.96 bits per heavy atom. The minimum atomic E-state index is -4.38. The summed E-state index contributed by atoms with van der Waals surface area (Å²) in [5.74, 6) is 0.0387. The predicted octanol–water partition coefficient (Wildman–Crippen LogP) is 3.14. The van der Waals surface area contributed by atoms with E-state index in [9.17, 15) is 22.8 Å². The number of piperidine rings is 1. The van der Waals surface area contributed by atoms with Crippen LogP contribution in [0.25, 0.3) is 0 Å². The Hall–Kier alpha value is -2.25. The van der Waals surface area contributed by atoms with Crippen LogP contribution in [0.3, 0.4) is 0 Å². The Balaban J connectivity index is 1.74. The summed E-state index contributed by atoms with van der Waals surface area (Å²) in [5, 5.41) is 5.64. The molecule has 0 saturated carbocycles. The average molecular weight is 386 g/mol. The van der Waals surface area contributed by atoms with Crippen LogP contribution in [-0.4, -0.2) is 31.0 Å². The molecule has 150 valence electrons. The number of halogens is 3. The Bertz CT molecular complexity index is 645. The van der Waals surface area contributed by atoms with Gasteiger partial charge in [0.1, 0.15) is 12.4 Å². The molecule has 1 fully saturated rings. The third-order valence-corrected chi connectivity index (χ3v) is 4.34. The maximum Gasteiger partial charge on any atom is 0.416 e. The van der Waals surface area contributed by atoms with E-state index in [2.05, 4.69) is 24.5 Å². The zero-order valence-electron chi connectivity index (χ0n) is 15.4. The standard InChI is InChI=1S/C19H25F3N2O3/c1-12(2)9-15-10-13(11-17(25)24-15)18(26)23-7-8-27-16-5-3-14(4-6-16)19(20,21)22/h3-6,12-13,15H,7-11H2,1-2H3,(H,23,26)(H,24,25)/t13-,15-/m1/s1. The molecule has 0 aromatic heterocycles. The molecule has 27 heavy (non-hydrogen) atoms. The smallest absolute Gasteiger partial charge is 0.416 e. The van der Waals surface area contributed by atoms with Gasteiger partial charge >= 0.3 is 6.18 Å². The van der Waals surface area contributed by atoms with Crippen LogP contribution in [-0.2, 0) is 15.8 Å². The highest BCUT2D eigenvalue weighted by atomic mass is 19.4. The van der Waals surface area contributed by atoms with Crippen molar-refractivity contribution < 1.29 is 27.5 Å². The van der Waals surface area contributed by atoms with Crippen LogP contribution < -0.4 is 15.4 Å². The van der Waals surface area contributed by atoms with Gasteiger partial charge in [-0.3, -0.25) is 9.59 Å². The minimum absolute atomic E-state index is 0.00500. The number of nitrogens with one attached hydrogen (secondary N) is 2. The molecule has 1 aromatic carbocycles. The van der Waals surface area contributed by atoms with E-state index in [-0.39, 0.29) is 43.3 Å². The molecule has 0 bridgehead atoms. The first-order valence-electron chi connectivity index (χ1n) is 9.02. The Morgan fingerprint density at radius 3 is 2.56 bits per heavy atom. The van der Waals surface area contributed by atoms with Crippen molar-refractivity contribution in [1.29, 1.82) is 0 Å². The van der Waals surface area contributed by atoms with Crippen LogP contribution in [0.15, 0.2) is 24.3 Å². The fraction of sp³-hybridized carbons (Fsp3) is 0.579. The lowest BCUT2D eigenvalue weighted by Gasteiger charge is -2.30. The molecule has 0 radical (unpaired) electrons. The molecule has 2 atom stereocenters. The highest BCUT2D eigenvalue weighted by Gasteiger charge is 2.31. The van der Waals surface area contributed by atoms with E-state index in [0.717, 1.165) is 18.6 Å². The molecule has 2 rings (SSSR count). The van der Waals surface area contributed by atoms with Crippen molar-refractivity contribution in [3.05, 3.63) is 29.8 Å². The highest BCUT2D eigenvalue weighted by Crippen LogP contribution is 2.30. The minimum Gasteiger partial charge on any atom is -0.492 e. The molecule has 8 heteroatoms. The molecule has 1 aromatic rings. The van der Waals surface area contributed by atoms with Crippen LogP contribution in [0.5, 0.6) is 5.75 Å². The molecule has 1 heterocycles. The normalized spacial score (nSPS) is 20.3. The lowest BCUT2D eigenvalue weighted by atomic mass is 9.87. The van der Waals surface area contributed by atoms with Crippen LogP contribution >= 0.6 is 0 Å². The Labute approximate surface area is 156 Å². The number of benzene rings is 1. The average Bonchev–Trinajstić information content (AvgIpc) is 2.57. The Kier molecular flexibility index (Phi) is 7.10. The van der Waals surface area contributed by atoms with Gasteiger partial charge in [-0.1, -0.05) is 13.8 Å².